The van der Waals surface area contributed by atoms with E-state index in [0.29, 0.717) is 0 Å². The predicted octanol–water partition coefficient (Wildman–Crippen LogP) is 0.797. The van der Waals surface area contributed by atoms with Gasteiger partial charge in [0.05, 0.1) is 12.2 Å². The third-order valence-corrected chi connectivity index (χ3v) is 2.48. The highest BCUT2D eigenvalue weighted by Crippen LogP contribution is 2.36. The minimum Gasteiger partial charge on any atom is -0.390 e. The molecule has 0 aliphatic carbocycles. The Morgan fingerprint density at radius 3 is 2.89 bits per heavy atom. The minimum atomic E-state index is -0.283. The molecule has 2 rings (SSSR count). The second-order valence-corrected chi connectivity index (χ2v) is 3.37. The Labute approximate surface area is 61.6 Å². The summed E-state index contributed by atoms with van der Waals surface area (Å²) in [5.41, 5.74) is 0. The molecular formula is C6H7BrO2. The highest BCUT2D eigenvalue weighted by molar-refractivity contribution is 9.11. The largest absolute Gasteiger partial charge is 0.390 e. The Kier molecular flexibility index (Phi) is 1.18. The molecule has 0 radical (unpaired) electrons. The zero-order chi connectivity index (χ0) is 6.43. The van der Waals surface area contributed by atoms with Crippen molar-refractivity contribution in [3.63, 3.8) is 0 Å². The quantitative estimate of drug-likeness (QED) is 0.613. The van der Waals surface area contributed by atoms with E-state index in [4.69, 9.17) is 4.74 Å². The van der Waals surface area contributed by atoms with Gasteiger partial charge in [-0.1, -0.05) is 15.9 Å². The average Bonchev–Trinajstić information content (AvgIpc) is 2.22. The number of hydrogen-bond donors (Lipinski definition) is 1. The fourth-order valence-electron chi connectivity index (χ4n) is 1.32. The molecule has 2 aliphatic heterocycles. The van der Waals surface area contributed by atoms with E-state index < -0.39 is 0 Å². The van der Waals surface area contributed by atoms with Crippen LogP contribution in [-0.4, -0.2) is 23.4 Å². The fourth-order valence-corrected chi connectivity index (χ4v) is 2.03. The first kappa shape index (κ1) is 5.89. The lowest BCUT2D eigenvalue weighted by Gasteiger charge is -2.10. The van der Waals surface area contributed by atoms with Crippen molar-refractivity contribution < 1.29 is 9.84 Å². The van der Waals surface area contributed by atoms with Gasteiger partial charge in [0.25, 0.3) is 0 Å². The molecule has 1 fully saturated rings. The van der Waals surface area contributed by atoms with E-state index >= 15 is 0 Å². The molecule has 0 aromatic heterocycles. The summed E-state index contributed by atoms with van der Waals surface area (Å²) in [4.78, 5) is 0. The number of ether oxygens (including phenoxy) is 1. The van der Waals surface area contributed by atoms with Gasteiger partial charge in [-0.15, -0.1) is 0 Å². The summed E-state index contributed by atoms with van der Waals surface area (Å²) in [5, 5.41) is 9.19. The summed E-state index contributed by atoms with van der Waals surface area (Å²) >= 11 is 3.31. The predicted molar refractivity (Wildman–Crippen MR) is 36.3 cm³/mol. The van der Waals surface area contributed by atoms with Gasteiger partial charge in [0, 0.05) is 10.9 Å². The first-order valence-electron chi connectivity index (χ1n) is 2.98. The third kappa shape index (κ3) is 0.757. The van der Waals surface area contributed by atoms with Crippen LogP contribution >= 0.6 is 15.9 Å². The van der Waals surface area contributed by atoms with E-state index in [-0.39, 0.29) is 18.3 Å². The molecule has 3 atom stereocenters. The first-order valence-corrected chi connectivity index (χ1v) is 3.77. The molecule has 9 heavy (non-hydrogen) atoms. The molecule has 2 aliphatic rings. The number of rotatable bonds is 0. The van der Waals surface area contributed by atoms with Crippen LogP contribution in [0.1, 0.15) is 6.42 Å². The van der Waals surface area contributed by atoms with E-state index in [1.807, 2.05) is 6.08 Å². The molecule has 0 aromatic rings. The van der Waals surface area contributed by atoms with Gasteiger partial charge in [-0.25, -0.2) is 0 Å². The van der Waals surface area contributed by atoms with Crippen LogP contribution in [0.5, 0.6) is 0 Å². The maximum absolute atomic E-state index is 9.19. The number of aliphatic hydroxyl groups is 1. The van der Waals surface area contributed by atoms with Crippen LogP contribution in [0.15, 0.2) is 10.6 Å². The number of halogens is 1. The molecule has 1 N–H and O–H groups in total. The summed E-state index contributed by atoms with van der Waals surface area (Å²) in [6.07, 6.45) is 2.60. The number of fused-ring (bicyclic) bond motifs is 2. The molecular weight excluding hydrogens is 184 g/mol. The van der Waals surface area contributed by atoms with E-state index in [0.717, 1.165) is 10.9 Å². The average molecular weight is 191 g/mol. The van der Waals surface area contributed by atoms with Gasteiger partial charge in [-0.2, -0.15) is 0 Å². The van der Waals surface area contributed by atoms with Gasteiger partial charge < -0.3 is 9.84 Å². The van der Waals surface area contributed by atoms with Gasteiger partial charge in [-0.05, 0) is 6.08 Å². The van der Waals surface area contributed by atoms with Gasteiger partial charge in [0.1, 0.15) is 6.10 Å². The molecule has 50 valence electrons. The van der Waals surface area contributed by atoms with Crippen LogP contribution in [0.3, 0.4) is 0 Å². The molecule has 2 bridgehead atoms. The summed E-state index contributed by atoms with van der Waals surface area (Å²) in [7, 11) is 0. The van der Waals surface area contributed by atoms with Gasteiger partial charge in [0.2, 0.25) is 0 Å². The monoisotopic (exact) mass is 190 g/mol. The van der Waals surface area contributed by atoms with E-state index in [9.17, 15) is 5.11 Å². The summed E-state index contributed by atoms with van der Waals surface area (Å²) in [6.45, 7) is 0. The Balaban J connectivity index is 2.27. The van der Waals surface area contributed by atoms with Crippen molar-refractivity contribution in [1.82, 2.24) is 0 Å². The Morgan fingerprint density at radius 2 is 2.56 bits per heavy atom. The molecule has 2 nitrogen and oxygen atoms in total. The zero-order valence-corrected chi connectivity index (χ0v) is 6.34. The SMILES string of the molecule is OC1CC2C=C(Br)C1O2. The minimum absolute atomic E-state index is 0.0602. The molecule has 0 saturated carbocycles. The topological polar surface area (TPSA) is 29.5 Å². The van der Waals surface area contributed by atoms with Crippen LogP contribution < -0.4 is 0 Å². The van der Waals surface area contributed by atoms with E-state index in [2.05, 4.69) is 15.9 Å². The highest BCUT2D eigenvalue weighted by atomic mass is 79.9. The highest BCUT2D eigenvalue weighted by Gasteiger charge is 2.39. The lowest BCUT2D eigenvalue weighted by Crippen LogP contribution is -2.20. The zero-order valence-electron chi connectivity index (χ0n) is 4.75. The normalized spacial score (nSPS) is 47.8. The van der Waals surface area contributed by atoms with Crippen molar-refractivity contribution in [3.05, 3.63) is 10.6 Å². The van der Waals surface area contributed by atoms with Crippen molar-refractivity contribution in [1.29, 1.82) is 0 Å². The van der Waals surface area contributed by atoms with Gasteiger partial charge >= 0.3 is 0 Å². The standard InChI is InChI=1S/C6H7BrO2/c7-4-1-3-2-5(8)6(4)9-3/h1,3,5-6,8H,2H2. The van der Waals surface area contributed by atoms with Crippen LogP contribution in [0.2, 0.25) is 0 Å². The molecule has 3 heteroatoms. The molecule has 2 heterocycles. The smallest absolute Gasteiger partial charge is 0.115 e. The summed E-state index contributed by atoms with van der Waals surface area (Å²) in [5.74, 6) is 0. The van der Waals surface area contributed by atoms with Crippen LogP contribution in [-0.2, 0) is 4.74 Å². The van der Waals surface area contributed by atoms with Gasteiger partial charge in [-0.3, -0.25) is 0 Å². The molecule has 0 spiro atoms. The number of aliphatic hydroxyl groups excluding tert-OH is 1. The van der Waals surface area contributed by atoms with Crippen molar-refractivity contribution >= 4 is 15.9 Å². The molecule has 0 amide bonds. The first-order chi connectivity index (χ1) is 4.27. The maximum Gasteiger partial charge on any atom is 0.115 e. The lowest BCUT2D eigenvalue weighted by molar-refractivity contribution is 0.0685. The summed E-state index contributed by atoms with van der Waals surface area (Å²) in [6, 6.07) is 0. The maximum atomic E-state index is 9.19. The van der Waals surface area contributed by atoms with Crippen LogP contribution in [0, 0.1) is 0 Å². The Morgan fingerprint density at radius 1 is 1.78 bits per heavy atom. The second kappa shape index (κ2) is 1.81. The number of hydrogen-bond acceptors (Lipinski definition) is 2. The molecule has 3 unspecified atom stereocenters. The second-order valence-electron chi connectivity index (χ2n) is 2.45. The fraction of sp³-hybridized carbons (Fsp3) is 0.667. The van der Waals surface area contributed by atoms with Crippen LogP contribution in [0.25, 0.3) is 0 Å². The summed E-state index contributed by atoms with van der Waals surface area (Å²) < 4.78 is 6.31. The van der Waals surface area contributed by atoms with Crippen molar-refractivity contribution in [2.24, 2.45) is 0 Å². The van der Waals surface area contributed by atoms with Crippen molar-refractivity contribution in [3.8, 4) is 0 Å². The lowest BCUT2D eigenvalue weighted by atomic mass is 10.1. The molecule has 0 aromatic carbocycles. The van der Waals surface area contributed by atoms with Crippen LogP contribution in [0.4, 0.5) is 0 Å². The third-order valence-electron chi connectivity index (χ3n) is 1.76. The van der Waals surface area contributed by atoms with E-state index in [1.54, 1.807) is 0 Å². The Hall–Kier alpha value is 0.140. The van der Waals surface area contributed by atoms with Crippen molar-refractivity contribution in [2.75, 3.05) is 0 Å². The van der Waals surface area contributed by atoms with Crippen molar-refractivity contribution in [2.45, 2.75) is 24.7 Å². The van der Waals surface area contributed by atoms with E-state index in [1.165, 1.54) is 0 Å². The Bertz CT molecular complexity index is 166. The molecule has 1 saturated heterocycles. The van der Waals surface area contributed by atoms with Gasteiger partial charge in [0.15, 0.2) is 0 Å².